The first-order chi connectivity index (χ1) is 8.15. The van der Waals surface area contributed by atoms with Gasteiger partial charge in [-0.2, -0.15) is 0 Å². The van der Waals surface area contributed by atoms with Gasteiger partial charge in [0.2, 0.25) is 0 Å². The third kappa shape index (κ3) is 2.95. The Bertz CT molecular complexity index is 543. The van der Waals surface area contributed by atoms with Gasteiger partial charge in [-0.25, -0.2) is 9.78 Å². The monoisotopic (exact) mass is 248 g/mol. The van der Waals surface area contributed by atoms with Crippen molar-refractivity contribution in [2.24, 2.45) is 0 Å². The van der Waals surface area contributed by atoms with E-state index in [-0.39, 0.29) is 10.7 Å². The Morgan fingerprint density at radius 1 is 1.24 bits per heavy atom. The molecule has 0 bridgehead atoms. The van der Waals surface area contributed by atoms with E-state index in [4.69, 9.17) is 16.7 Å². The third-order valence-electron chi connectivity index (χ3n) is 2.09. The third-order valence-corrected chi connectivity index (χ3v) is 2.28. The van der Waals surface area contributed by atoms with Crippen molar-refractivity contribution in [3.8, 4) is 0 Å². The maximum Gasteiger partial charge on any atom is 0.335 e. The van der Waals surface area contributed by atoms with Gasteiger partial charge in [0.1, 0.15) is 11.0 Å². The molecule has 0 saturated heterocycles. The van der Waals surface area contributed by atoms with Crippen LogP contribution in [0.3, 0.4) is 0 Å². The van der Waals surface area contributed by atoms with Crippen LogP contribution in [-0.4, -0.2) is 16.1 Å². The van der Waals surface area contributed by atoms with Crippen LogP contribution in [0.4, 0.5) is 11.5 Å². The second kappa shape index (κ2) is 4.84. The number of hydrogen-bond donors (Lipinski definition) is 2. The van der Waals surface area contributed by atoms with Crippen molar-refractivity contribution in [2.45, 2.75) is 0 Å². The summed E-state index contributed by atoms with van der Waals surface area (Å²) in [6.07, 6.45) is 0. The van der Waals surface area contributed by atoms with Gasteiger partial charge < -0.3 is 10.4 Å². The summed E-state index contributed by atoms with van der Waals surface area (Å²) in [4.78, 5) is 14.8. The molecule has 0 fully saturated rings. The van der Waals surface area contributed by atoms with Gasteiger partial charge in [0.25, 0.3) is 0 Å². The highest BCUT2D eigenvalue weighted by molar-refractivity contribution is 6.29. The topological polar surface area (TPSA) is 62.2 Å². The number of halogens is 1. The fourth-order valence-electron chi connectivity index (χ4n) is 1.35. The summed E-state index contributed by atoms with van der Waals surface area (Å²) in [7, 11) is 0. The lowest BCUT2D eigenvalue weighted by Crippen LogP contribution is -2.00. The van der Waals surface area contributed by atoms with Crippen LogP contribution in [0.2, 0.25) is 5.15 Å². The average molecular weight is 249 g/mol. The zero-order chi connectivity index (χ0) is 12.3. The molecule has 2 aromatic rings. The number of nitrogens with one attached hydrogen (secondary N) is 1. The molecule has 0 radical (unpaired) electrons. The molecule has 5 heteroatoms. The molecule has 0 aliphatic rings. The Morgan fingerprint density at radius 2 is 1.94 bits per heavy atom. The number of pyridine rings is 1. The Hall–Kier alpha value is -2.07. The average Bonchev–Trinajstić information content (AvgIpc) is 2.29. The highest BCUT2D eigenvalue weighted by atomic mass is 35.5. The molecule has 2 rings (SSSR count). The molecule has 1 heterocycles. The number of carboxylic acids is 1. The number of para-hydroxylation sites is 1. The number of benzene rings is 1. The van der Waals surface area contributed by atoms with E-state index in [1.54, 1.807) is 0 Å². The molecule has 0 spiro atoms. The lowest BCUT2D eigenvalue weighted by atomic mass is 10.2. The van der Waals surface area contributed by atoms with Crippen molar-refractivity contribution >= 4 is 29.1 Å². The molecule has 2 N–H and O–H groups in total. The zero-order valence-corrected chi connectivity index (χ0v) is 9.48. The van der Waals surface area contributed by atoms with E-state index < -0.39 is 5.97 Å². The molecular weight excluding hydrogens is 240 g/mol. The van der Waals surface area contributed by atoms with Crippen LogP contribution < -0.4 is 5.32 Å². The normalized spacial score (nSPS) is 9.94. The molecule has 4 nitrogen and oxygen atoms in total. The van der Waals surface area contributed by atoms with Crippen molar-refractivity contribution < 1.29 is 9.90 Å². The smallest absolute Gasteiger partial charge is 0.335 e. The Kier molecular flexibility index (Phi) is 3.25. The minimum Gasteiger partial charge on any atom is -0.478 e. The van der Waals surface area contributed by atoms with Crippen LogP contribution in [0.25, 0.3) is 0 Å². The number of aromatic carboxylic acids is 1. The summed E-state index contributed by atoms with van der Waals surface area (Å²) in [5, 5.41) is 12.0. The van der Waals surface area contributed by atoms with Gasteiger partial charge in [0, 0.05) is 5.69 Å². The maximum atomic E-state index is 10.8. The predicted molar refractivity (Wildman–Crippen MR) is 65.9 cm³/mol. The molecule has 0 aliphatic heterocycles. The van der Waals surface area contributed by atoms with Gasteiger partial charge in [0.05, 0.1) is 5.56 Å². The highest BCUT2D eigenvalue weighted by Crippen LogP contribution is 2.18. The highest BCUT2D eigenvalue weighted by Gasteiger charge is 2.07. The standard InChI is InChI=1S/C12H9ClN2O2/c13-10-6-8(12(16)17)7-11(15-10)14-9-4-2-1-3-5-9/h1-7H,(H,14,15)(H,16,17). The first kappa shape index (κ1) is 11.4. The molecule has 86 valence electrons. The number of nitrogens with zero attached hydrogens (tertiary/aromatic N) is 1. The summed E-state index contributed by atoms with van der Waals surface area (Å²) < 4.78 is 0. The van der Waals surface area contributed by atoms with Crippen molar-refractivity contribution in [1.29, 1.82) is 0 Å². The van der Waals surface area contributed by atoms with Crippen molar-refractivity contribution in [3.63, 3.8) is 0 Å². The van der Waals surface area contributed by atoms with Gasteiger partial charge in [0.15, 0.2) is 0 Å². The molecule has 0 saturated carbocycles. The van der Waals surface area contributed by atoms with Crippen LogP contribution in [0.5, 0.6) is 0 Å². The van der Waals surface area contributed by atoms with E-state index in [2.05, 4.69) is 10.3 Å². The quantitative estimate of drug-likeness (QED) is 0.819. The first-order valence-corrected chi connectivity index (χ1v) is 5.26. The van der Waals surface area contributed by atoms with Crippen LogP contribution in [-0.2, 0) is 0 Å². The van der Waals surface area contributed by atoms with E-state index in [9.17, 15) is 4.79 Å². The SMILES string of the molecule is O=C(O)c1cc(Cl)nc(Nc2ccccc2)c1. The number of carbonyl (C=O) groups is 1. The molecule has 1 aromatic carbocycles. The van der Waals surface area contributed by atoms with Gasteiger partial charge in [-0.05, 0) is 24.3 Å². The fraction of sp³-hybridized carbons (Fsp3) is 0. The largest absolute Gasteiger partial charge is 0.478 e. The number of carboxylic acid groups (broad SMARTS) is 1. The number of rotatable bonds is 3. The molecule has 1 aromatic heterocycles. The summed E-state index contributed by atoms with van der Waals surface area (Å²) in [6, 6.07) is 12.1. The second-order valence-corrected chi connectivity index (χ2v) is 3.75. The lowest BCUT2D eigenvalue weighted by molar-refractivity contribution is 0.0697. The van der Waals surface area contributed by atoms with Crippen LogP contribution >= 0.6 is 11.6 Å². The number of anilines is 2. The molecule has 0 aliphatic carbocycles. The van der Waals surface area contributed by atoms with Gasteiger partial charge in [-0.1, -0.05) is 29.8 Å². The van der Waals surface area contributed by atoms with E-state index in [1.165, 1.54) is 12.1 Å². The number of aromatic nitrogens is 1. The zero-order valence-electron chi connectivity index (χ0n) is 8.72. The summed E-state index contributed by atoms with van der Waals surface area (Å²) in [5.74, 6) is -0.633. The van der Waals surface area contributed by atoms with E-state index in [1.807, 2.05) is 30.3 Å². The predicted octanol–water partition coefficient (Wildman–Crippen LogP) is 3.18. The molecule has 17 heavy (non-hydrogen) atoms. The Morgan fingerprint density at radius 3 is 2.59 bits per heavy atom. The molecule has 0 atom stereocenters. The summed E-state index contributed by atoms with van der Waals surface area (Å²) >= 11 is 5.75. The van der Waals surface area contributed by atoms with E-state index in [0.29, 0.717) is 5.82 Å². The molecule has 0 unspecified atom stereocenters. The minimum absolute atomic E-state index is 0.100. The Balaban J connectivity index is 2.30. The van der Waals surface area contributed by atoms with Gasteiger partial charge >= 0.3 is 5.97 Å². The van der Waals surface area contributed by atoms with Crippen molar-refractivity contribution in [1.82, 2.24) is 4.98 Å². The molecular formula is C12H9ClN2O2. The van der Waals surface area contributed by atoms with E-state index in [0.717, 1.165) is 5.69 Å². The molecule has 0 amide bonds. The lowest BCUT2D eigenvalue weighted by Gasteiger charge is -2.06. The first-order valence-electron chi connectivity index (χ1n) is 4.88. The summed E-state index contributed by atoms with van der Waals surface area (Å²) in [5.41, 5.74) is 0.919. The Labute approximate surface area is 103 Å². The van der Waals surface area contributed by atoms with Crippen LogP contribution in [0.15, 0.2) is 42.5 Å². The minimum atomic E-state index is -1.04. The van der Waals surface area contributed by atoms with Crippen LogP contribution in [0.1, 0.15) is 10.4 Å². The second-order valence-electron chi connectivity index (χ2n) is 3.36. The van der Waals surface area contributed by atoms with E-state index >= 15 is 0 Å². The van der Waals surface area contributed by atoms with Crippen LogP contribution in [0, 0.1) is 0 Å². The summed E-state index contributed by atoms with van der Waals surface area (Å²) in [6.45, 7) is 0. The maximum absolute atomic E-state index is 10.8. The van der Waals surface area contributed by atoms with Crippen molar-refractivity contribution in [3.05, 3.63) is 53.2 Å². The van der Waals surface area contributed by atoms with Gasteiger partial charge in [-0.3, -0.25) is 0 Å². The van der Waals surface area contributed by atoms with Gasteiger partial charge in [-0.15, -0.1) is 0 Å². The fourth-order valence-corrected chi connectivity index (χ4v) is 1.56. The van der Waals surface area contributed by atoms with Crippen molar-refractivity contribution in [2.75, 3.05) is 5.32 Å². The number of hydrogen-bond acceptors (Lipinski definition) is 3.